The van der Waals surface area contributed by atoms with E-state index in [1.54, 1.807) is 0 Å². The van der Waals surface area contributed by atoms with Crippen molar-refractivity contribution < 1.29 is 8.78 Å². The van der Waals surface area contributed by atoms with Crippen LogP contribution in [0, 0.1) is 0 Å². The third-order valence-corrected chi connectivity index (χ3v) is 6.02. The van der Waals surface area contributed by atoms with Crippen molar-refractivity contribution in [3.05, 3.63) is 71.8 Å². The second-order valence-corrected chi connectivity index (χ2v) is 8.10. The molecule has 2 fully saturated rings. The summed E-state index contributed by atoms with van der Waals surface area (Å²) in [5.74, 6) is -2.45. The summed E-state index contributed by atoms with van der Waals surface area (Å²) in [5, 5.41) is 0. The van der Waals surface area contributed by atoms with Crippen LogP contribution in [0.25, 0.3) is 0 Å². The average Bonchev–Trinajstić information content (AvgIpc) is 2.67. The molecule has 1 aliphatic carbocycles. The van der Waals surface area contributed by atoms with Gasteiger partial charge in [0.1, 0.15) is 0 Å². The molecule has 2 aromatic carbocycles. The molecule has 0 unspecified atom stereocenters. The van der Waals surface area contributed by atoms with Crippen LogP contribution in [0.2, 0.25) is 0 Å². The van der Waals surface area contributed by atoms with Crippen molar-refractivity contribution in [2.45, 2.75) is 56.8 Å². The predicted molar refractivity (Wildman–Crippen MR) is 105 cm³/mol. The minimum Gasteiger partial charge on any atom is -0.292 e. The van der Waals surface area contributed by atoms with Gasteiger partial charge in [-0.1, -0.05) is 60.7 Å². The van der Waals surface area contributed by atoms with E-state index >= 15 is 0 Å². The van der Waals surface area contributed by atoms with Gasteiger partial charge in [0.2, 0.25) is 0 Å². The highest BCUT2D eigenvalue weighted by Gasteiger charge is 2.47. The first-order valence-electron chi connectivity index (χ1n) is 10.0. The molecular formula is C23H28F2N2. The Morgan fingerprint density at radius 1 is 0.778 bits per heavy atom. The monoisotopic (exact) mass is 370 g/mol. The summed E-state index contributed by atoms with van der Waals surface area (Å²) in [6.07, 6.45) is 4.24. The maximum absolute atomic E-state index is 13.2. The lowest BCUT2D eigenvalue weighted by Crippen LogP contribution is -2.60. The van der Waals surface area contributed by atoms with Crippen LogP contribution >= 0.6 is 0 Å². The molecule has 0 N–H and O–H groups in total. The van der Waals surface area contributed by atoms with E-state index < -0.39 is 5.92 Å². The summed E-state index contributed by atoms with van der Waals surface area (Å²) in [4.78, 5) is 4.56. The van der Waals surface area contributed by atoms with Crippen LogP contribution in [-0.2, 0) is 13.1 Å². The third kappa shape index (κ3) is 4.74. The van der Waals surface area contributed by atoms with E-state index in [2.05, 4.69) is 65.6 Å². The average molecular weight is 370 g/mol. The lowest BCUT2D eigenvalue weighted by Gasteiger charge is -2.47. The zero-order chi connectivity index (χ0) is 18.7. The molecule has 27 heavy (non-hydrogen) atoms. The number of likely N-dealkylation sites (tertiary alicyclic amines) is 1. The molecule has 2 aliphatic rings. The molecule has 4 rings (SSSR count). The highest BCUT2D eigenvalue weighted by Crippen LogP contribution is 2.35. The lowest BCUT2D eigenvalue weighted by molar-refractivity contribution is -0.151. The highest BCUT2D eigenvalue weighted by molar-refractivity contribution is 5.17. The number of hydrogen-bond donors (Lipinski definition) is 0. The van der Waals surface area contributed by atoms with Gasteiger partial charge >= 0.3 is 0 Å². The number of nitrogens with zero attached hydrogens (tertiary/aromatic N) is 2. The van der Waals surface area contributed by atoms with Crippen molar-refractivity contribution in [3.8, 4) is 0 Å². The molecule has 0 aromatic heterocycles. The molecule has 0 amide bonds. The Labute approximate surface area is 160 Å². The molecule has 0 radical (unpaired) electrons. The van der Waals surface area contributed by atoms with Gasteiger partial charge in [-0.3, -0.25) is 9.80 Å². The van der Waals surface area contributed by atoms with Crippen LogP contribution in [0.5, 0.6) is 0 Å². The van der Waals surface area contributed by atoms with Gasteiger partial charge in [-0.25, -0.2) is 8.78 Å². The number of halogens is 2. The minimum absolute atomic E-state index is 0.0416. The van der Waals surface area contributed by atoms with Gasteiger partial charge in [-0.2, -0.15) is 0 Å². The molecule has 0 atom stereocenters. The molecule has 1 saturated heterocycles. The van der Waals surface area contributed by atoms with Crippen LogP contribution < -0.4 is 0 Å². The summed E-state index contributed by atoms with van der Waals surface area (Å²) in [7, 11) is 0. The number of benzene rings is 2. The van der Waals surface area contributed by atoms with E-state index in [0.717, 1.165) is 38.8 Å². The van der Waals surface area contributed by atoms with Crippen molar-refractivity contribution in [2.24, 2.45) is 0 Å². The van der Waals surface area contributed by atoms with E-state index in [-0.39, 0.29) is 13.1 Å². The molecule has 144 valence electrons. The SMILES string of the molecule is FC1(F)CN(C2CCC(N(Cc3ccccc3)Cc3ccccc3)CC2)C1. The smallest absolute Gasteiger partial charge is 0.272 e. The van der Waals surface area contributed by atoms with Gasteiger partial charge in [0, 0.05) is 25.2 Å². The third-order valence-electron chi connectivity index (χ3n) is 6.02. The lowest BCUT2D eigenvalue weighted by atomic mass is 9.87. The molecule has 2 nitrogen and oxygen atoms in total. The van der Waals surface area contributed by atoms with Gasteiger partial charge in [0.05, 0.1) is 13.1 Å². The summed E-state index contributed by atoms with van der Waals surface area (Å²) < 4.78 is 26.4. The first kappa shape index (κ1) is 18.6. The van der Waals surface area contributed by atoms with Crippen LogP contribution in [0.3, 0.4) is 0 Å². The molecular weight excluding hydrogens is 342 g/mol. The quantitative estimate of drug-likeness (QED) is 0.710. The standard InChI is InChI=1S/C23H28F2N2/c24-23(25)17-27(18-23)22-13-11-21(12-14-22)26(15-19-7-3-1-4-8-19)16-20-9-5-2-6-10-20/h1-10,21-22H,11-18H2. The van der Waals surface area contributed by atoms with E-state index in [0.29, 0.717) is 12.1 Å². The van der Waals surface area contributed by atoms with E-state index in [4.69, 9.17) is 0 Å². The number of hydrogen-bond acceptors (Lipinski definition) is 2. The zero-order valence-corrected chi connectivity index (χ0v) is 15.7. The predicted octanol–water partition coefficient (Wildman–Crippen LogP) is 4.95. The van der Waals surface area contributed by atoms with Crippen LogP contribution in [0.15, 0.2) is 60.7 Å². The second kappa shape index (κ2) is 8.07. The fourth-order valence-corrected chi connectivity index (χ4v) is 4.54. The summed E-state index contributed by atoms with van der Waals surface area (Å²) in [5.41, 5.74) is 2.66. The highest BCUT2D eigenvalue weighted by atomic mass is 19.3. The van der Waals surface area contributed by atoms with Gasteiger partial charge < -0.3 is 0 Å². The van der Waals surface area contributed by atoms with Crippen molar-refractivity contribution in [2.75, 3.05) is 13.1 Å². The molecule has 4 heteroatoms. The molecule has 1 heterocycles. The van der Waals surface area contributed by atoms with Gasteiger partial charge in [0.25, 0.3) is 5.92 Å². The Bertz CT molecular complexity index is 662. The molecule has 0 bridgehead atoms. The Balaban J connectivity index is 1.40. The Kier molecular flexibility index (Phi) is 5.55. The first-order valence-corrected chi connectivity index (χ1v) is 10.0. The van der Waals surface area contributed by atoms with Crippen molar-refractivity contribution >= 4 is 0 Å². The first-order chi connectivity index (χ1) is 13.1. The summed E-state index contributed by atoms with van der Waals surface area (Å²) in [6, 6.07) is 22.1. The molecule has 1 aliphatic heterocycles. The topological polar surface area (TPSA) is 6.48 Å². The summed E-state index contributed by atoms with van der Waals surface area (Å²) in [6.45, 7) is 1.79. The Hall–Kier alpha value is -1.78. The van der Waals surface area contributed by atoms with Crippen molar-refractivity contribution in [1.29, 1.82) is 0 Å². The van der Waals surface area contributed by atoms with Crippen molar-refractivity contribution in [1.82, 2.24) is 9.80 Å². The summed E-state index contributed by atoms with van der Waals surface area (Å²) >= 11 is 0. The zero-order valence-electron chi connectivity index (χ0n) is 15.7. The molecule has 0 spiro atoms. The Morgan fingerprint density at radius 3 is 1.70 bits per heavy atom. The normalized spacial score (nSPS) is 25.3. The van der Waals surface area contributed by atoms with E-state index in [1.165, 1.54) is 11.1 Å². The van der Waals surface area contributed by atoms with Gasteiger partial charge in [-0.15, -0.1) is 0 Å². The van der Waals surface area contributed by atoms with E-state index in [1.807, 2.05) is 4.90 Å². The number of alkyl halides is 2. The minimum atomic E-state index is -2.45. The largest absolute Gasteiger partial charge is 0.292 e. The second-order valence-electron chi connectivity index (χ2n) is 8.10. The number of rotatable bonds is 6. The maximum atomic E-state index is 13.2. The Morgan fingerprint density at radius 2 is 1.26 bits per heavy atom. The molecule has 2 aromatic rings. The fourth-order valence-electron chi connectivity index (χ4n) is 4.54. The van der Waals surface area contributed by atoms with Crippen LogP contribution in [-0.4, -0.2) is 40.9 Å². The van der Waals surface area contributed by atoms with E-state index in [9.17, 15) is 8.78 Å². The van der Waals surface area contributed by atoms with Crippen molar-refractivity contribution in [3.63, 3.8) is 0 Å². The van der Waals surface area contributed by atoms with Crippen LogP contribution in [0.1, 0.15) is 36.8 Å². The molecule has 1 saturated carbocycles. The fraction of sp³-hybridized carbons (Fsp3) is 0.478. The van der Waals surface area contributed by atoms with Gasteiger partial charge in [-0.05, 0) is 36.8 Å². The maximum Gasteiger partial charge on any atom is 0.272 e. The van der Waals surface area contributed by atoms with Gasteiger partial charge in [0.15, 0.2) is 0 Å². The van der Waals surface area contributed by atoms with Crippen LogP contribution in [0.4, 0.5) is 8.78 Å².